The Morgan fingerprint density at radius 2 is 2.07 bits per heavy atom. The number of carbonyl (C=O) groups is 2. The summed E-state index contributed by atoms with van der Waals surface area (Å²) in [6, 6.07) is 1.62. The van der Waals surface area contributed by atoms with Crippen LogP contribution in [0.25, 0.3) is 0 Å². The van der Waals surface area contributed by atoms with E-state index in [-0.39, 0.29) is 23.8 Å². The number of nitrogens with one attached hydrogen (secondary N) is 2. The first-order chi connectivity index (χ1) is 12.9. The van der Waals surface area contributed by atoms with E-state index in [0.717, 1.165) is 12.8 Å². The molecular weight excluding hydrogens is 364 g/mol. The number of likely N-dealkylation sites (N-methyl/N-ethyl adjacent to an activating group) is 1. The van der Waals surface area contributed by atoms with Gasteiger partial charge in [0.15, 0.2) is 5.13 Å². The molecule has 0 radical (unpaired) electrons. The number of thiazole rings is 1. The quantitative estimate of drug-likeness (QED) is 0.759. The second-order valence-electron chi connectivity index (χ2n) is 7.27. The van der Waals surface area contributed by atoms with E-state index >= 15 is 0 Å². The molecule has 1 aliphatic rings. The van der Waals surface area contributed by atoms with Crippen molar-refractivity contribution in [3.63, 3.8) is 0 Å². The lowest BCUT2D eigenvalue weighted by atomic mass is 9.96. The van der Waals surface area contributed by atoms with E-state index in [1.54, 1.807) is 18.4 Å². The highest BCUT2D eigenvalue weighted by Crippen LogP contribution is 2.33. The number of carbonyl (C=O) groups excluding carboxylic acids is 2. The first-order valence-electron chi connectivity index (χ1n) is 9.14. The van der Waals surface area contributed by atoms with Gasteiger partial charge in [0.05, 0.1) is 23.9 Å². The Morgan fingerprint density at radius 3 is 2.70 bits per heavy atom. The summed E-state index contributed by atoms with van der Waals surface area (Å²) in [7, 11) is 4.16. The molecule has 2 heterocycles. The molecule has 1 aliphatic carbocycles. The normalized spacial score (nSPS) is 15.9. The molecule has 0 spiro atoms. The monoisotopic (exact) mass is 390 g/mol. The van der Waals surface area contributed by atoms with Gasteiger partial charge in [-0.2, -0.15) is 0 Å². The fourth-order valence-electron chi connectivity index (χ4n) is 3.54. The van der Waals surface area contributed by atoms with Crippen molar-refractivity contribution in [3.05, 3.63) is 34.7 Å². The Hall–Kier alpha value is -2.19. The molecule has 7 nitrogen and oxygen atoms in total. The maximum Gasteiger partial charge on any atom is 0.260 e. The molecule has 0 aromatic carbocycles. The van der Waals surface area contributed by atoms with Gasteiger partial charge in [-0.1, -0.05) is 12.8 Å². The van der Waals surface area contributed by atoms with Crippen LogP contribution in [0.3, 0.4) is 0 Å². The van der Waals surface area contributed by atoms with Crippen molar-refractivity contribution in [2.75, 3.05) is 26.0 Å². The van der Waals surface area contributed by atoms with Gasteiger partial charge >= 0.3 is 0 Å². The number of nitrogens with zero attached hydrogens (tertiary/aromatic N) is 2. The van der Waals surface area contributed by atoms with Gasteiger partial charge < -0.3 is 14.6 Å². The molecule has 0 bridgehead atoms. The highest BCUT2D eigenvalue weighted by molar-refractivity contribution is 7.14. The lowest BCUT2D eigenvalue weighted by Crippen LogP contribution is -2.51. The molecule has 0 unspecified atom stereocenters. The number of amides is 2. The number of aryl methyl sites for hydroxylation is 1. The van der Waals surface area contributed by atoms with E-state index in [1.807, 2.05) is 0 Å². The third-order valence-corrected chi connectivity index (χ3v) is 6.12. The lowest BCUT2D eigenvalue weighted by Gasteiger charge is -2.36. The van der Waals surface area contributed by atoms with Gasteiger partial charge in [-0.05, 0) is 39.9 Å². The third kappa shape index (κ3) is 4.56. The Bertz CT molecular complexity index is 805. The van der Waals surface area contributed by atoms with E-state index in [0.29, 0.717) is 28.7 Å². The second-order valence-corrected chi connectivity index (χ2v) is 8.13. The number of aromatic nitrogens is 1. The largest absolute Gasteiger partial charge is 0.469 e. The number of anilines is 1. The Morgan fingerprint density at radius 1 is 1.33 bits per heavy atom. The second kappa shape index (κ2) is 8.22. The van der Waals surface area contributed by atoms with Gasteiger partial charge in [-0.15, -0.1) is 11.3 Å². The van der Waals surface area contributed by atoms with Gasteiger partial charge in [0.1, 0.15) is 5.76 Å². The van der Waals surface area contributed by atoms with Crippen LogP contribution in [-0.4, -0.2) is 47.9 Å². The summed E-state index contributed by atoms with van der Waals surface area (Å²) < 4.78 is 5.14. The van der Waals surface area contributed by atoms with Crippen molar-refractivity contribution < 1.29 is 14.0 Å². The molecule has 27 heavy (non-hydrogen) atoms. The molecule has 0 atom stereocenters. The molecule has 8 heteroatoms. The summed E-state index contributed by atoms with van der Waals surface area (Å²) in [5, 5.41) is 8.08. The van der Waals surface area contributed by atoms with Crippen molar-refractivity contribution >= 4 is 28.3 Å². The average molecular weight is 391 g/mol. The van der Waals surface area contributed by atoms with E-state index in [1.165, 1.54) is 30.4 Å². The van der Waals surface area contributed by atoms with Crippen LogP contribution >= 0.6 is 11.3 Å². The summed E-state index contributed by atoms with van der Waals surface area (Å²) in [4.78, 5) is 31.1. The van der Waals surface area contributed by atoms with Crippen LogP contribution in [0.1, 0.15) is 47.5 Å². The zero-order chi connectivity index (χ0) is 19.4. The zero-order valence-corrected chi connectivity index (χ0v) is 16.8. The molecule has 2 N–H and O–H groups in total. The van der Waals surface area contributed by atoms with Crippen LogP contribution in [0.2, 0.25) is 0 Å². The van der Waals surface area contributed by atoms with Gasteiger partial charge in [0, 0.05) is 17.5 Å². The molecule has 0 aliphatic heterocycles. The summed E-state index contributed by atoms with van der Waals surface area (Å²) in [5.74, 6) is 0.253. The number of rotatable bonds is 7. The van der Waals surface area contributed by atoms with Crippen LogP contribution in [0.4, 0.5) is 5.13 Å². The van der Waals surface area contributed by atoms with Gasteiger partial charge in [-0.3, -0.25) is 14.9 Å². The van der Waals surface area contributed by atoms with Gasteiger partial charge in [0.2, 0.25) is 5.91 Å². The van der Waals surface area contributed by atoms with Crippen molar-refractivity contribution in [3.8, 4) is 0 Å². The fourth-order valence-corrected chi connectivity index (χ4v) is 4.24. The third-order valence-electron chi connectivity index (χ3n) is 5.31. The minimum absolute atomic E-state index is 0.0445. The van der Waals surface area contributed by atoms with E-state index in [2.05, 4.69) is 34.6 Å². The van der Waals surface area contributed by atoms with Crippen LogP contribution in [-0.2, 0) is 11.2 Å². The summed E-state index contributed by atoms with van der Waals surface area (Å²) in [6.07, 6.45) is 6.33. The standard InChI is InChI=1S/C19H26N4O3S/c1-13-15(6-9-26-13)17(25)22-18-21-14(11-27-18)10-16(24)20-12-19(23(2)3)7-4-5-8-19/h6,9,11H,4-5,7-8,10,12H2,1-3H3,(H,20,24)(H,21,22,25). The molecule has 2 aromatic heterocycles. The minimum Gasteiger partial charge on any atom is -0.469 e. The molecule has 2 aromatic rings. The number of hydrogen-bond acceptors (Lipinski definition) is 6. The molecule has 2 amide bonds. The highest BCUT2D eigenvalue weighted by atomic mass is 32.1. The Labute approximate surface area is 163 Å². The zero-order valence-electron chi connectivity index (χ0n) is 16.0. The number of furan rings is 1. The average Bonchev–Trinajstić information content (AvgIpc) is 3.34. The van der Waals surface area contributed by atoms with Crippen LogP contribution in [0.5, 0.6) is 0 Å². The molecule has 0 saturated heterocycles. The van der Waals surface area contributed by atoms with E-state index in [4.69, 9.17) is 4.42 Å². The highest BCUT2D eigenvalue weighted by Gasteiger charge is 2.36. The fraction of sp³-hybridized carbons (Fsp3) is 0.526. The maximum absolute atomic E-state index is 12.3. The summed E-state index contributed by atoms with van der Waals surface area (Å²) in [5.41, 5.74) is 1.20. The molecule has 1 saturated carbocycles. The first-order valence-corrected chi connectivity index (χ1v) is 10.0. The first kappa shape index (κ1) is 19.6. The van der Waals surface area contributed by atoms with Crippen molar-refractivity contribution in [2.24, 2.45) is 0 Å². The summed E-state index contributed by atoms with van der Waals surface area (Å²) >= 11 is 1.31. The van der Waals surface area contributed by atoms with E-state index < -0.39 is 0 Å². The number of hydrogen-bond donors (Lipinski definition) is 2. The minimum atomic E-state index is -0.263. The predicted octanol–water partition coefficient (Wildman–Crippen LogP) is 2.83. The molecular formula is C19H26N4O3S. The topological polar surface area (TPSA) is 87.5 Å². The maximum atomic E-state index is 12.3. The predicted molar refractivity (Wildman–Crippen MR) is 105 cm³/mol. The van der Waals surface area contributed by atoms with Crippen molar-refractivity contribution in [1.82, 2.24) is 15.2 Å². The molecule has 146 valence electrons. The Kier molecular flexibility index (Phi) is 5.96. The smallest absolute Gasteiger partial charge is 0.260 e. The van der Waals surface area contributed by atoms with Crippen LogP contribution < -0.4 is 10.6 Å². The van der Waals surface area contributed by atoms with Crippen LogP contribution in [0.15, 0.2) is 22.1 Å². The van der Waals surface area contributed by atoms with Crippen molar-refractivity contribution in [1.29, 1.82) is 0 Å². The Balaban J connectivity index is 1.52. The van der Waals surface area contributed by atoms with E-state index in [9.17, 15) is 9.59 Å². The lowest BCUT2D eigenvalue weighted by molar-refractivity contribution is -0.121. The van der Waals surface area contributed by atoms with Gasteiger partial charge in [0.25, 0.3) is 5.91 Å². The van der Waals surface area contributed by atoms with Crippen molar-refractivity contribution in [2.45, 2.75) is 44.6 Å². The SMILES string of the molecule is Cc1occc1C(=O)Nc1nc(CC(=O)NCC2(N(C)C)CCCC2)cs1. The molecule has 3 rings (SSSR count). The van der Waals surface area contributed by atoms with Gasteiger partial charge in [-0.25, -0.2) is 4.98 Å². The van der Waals surface area contributed by atoms with Crippen LogP contribution in [0, 0.1) is 6.92 Å². The molecule has 1 fully saturated rings. The summed E-state index contributed by atoms with van der Waals surface area (Å²) in [6.45, 7) is 2.39.